The lowest BCUT2D eigenvalue weighted by Gasteiger charge is -2.34. The Morgan fingerprint density at radius 2 is 1.98 bits per heavy atom. The summed E-state index contributed by atoms with van der Waals surface area (Å²) < 4.78 is 15.3. The molecule has 1 unspecified atom stereocenters. The number of fused-ring (bicyclic) bond motifs is 2. The van der Waals surface area contributed by atoms with E-state index in [1.165, 1.54) is 35.4 Å². The van der Waals surface area contributed by atoms with E-state index in [1.54, 1.807) is 12.3 Å². The first-order valence-corrected chi connectivity index (χ1v) is 15.9. The highest BCUT2D eigenvalue weighted by Gasteiger charge is 2.30. The third kappa shape index (κ3) is 6.73. The van der Waals surface area contributed by atoms with Crippen LogP contribution in [-0.4, -0.2) is 66.8 Å². The topological polar surface area (TPSA) is 117 Å². The number of halogens is 1. The van der Waals surface area contributed by atoms with Crippen molar-refractivity contribution in [3.05, 3.63) is 64.4 Å². The predicted octanol–water partition coefficient (Wildman–Crippen LogP) is 5.15. The van der Waals surface area contributed by atoms with E-state index >= 15 is 4.39 Å². The van der Waals surface area contributed by atoms with Crippen LogP contribution < -0.4 is 5.32 Å². The zero-order valence-electron chi connectivity index (χ0n) is 24.9. The van der Waals surface area contributed by atoms with Gasteiger partial charge in [0.05, 0.1) is 24.5 Å². The van der Waals surface area contributed by atoms with Crippen LogP contribution in [0.2, 0.25) is 0 Å². The number of thiazole rings is 1. The number of pyridine rings is 2. The second-order valence-electron chi connectivity index (χ2n) is 12.9. The van der Waals surface area contributed by atoms with Crippen molar-refractivity contribution in [2.75, 3.05) is 19.6 Å². The minimum atomic E-state index is -0.492. The van der Waals surface area contributed by atoms with Gasteiger partial charge in [-0.1, -0.05) is 32.1 Å². The number of rotatable bonds is 7. The standard InChI is InChI=1S/C32H38FN7O2S/c1-32(2,3)22-4-5-25-20(14-22)16-27-30(38-25)43-31(39-27)29(42)37-26(9-13-40-11-7-23(41)8-12-40)21-15-24(33)28(34-17-21)19-6-10-35-36-18-19/h6,10,15-18,22-23,26,41H,4-5,7-9,11-14H2,1-3H3,(H,37,42)/t22-,26?/m0/s1. The van der Waals surface area contributed by atoms with E-state index in [0.717, 1.165) is 61.2 Å². The molecule has 5 heterocycles. The molecule has 1 aliphatic carbocycles. The maximum atomic E-state index is 15.3. The van der Waals surface area contributed by atoms with Gasteiger partial charge in [-0.3, -0.25) is 9.78 Å². The van der Waals surface area contributed by atoms with E-state index in [-0.39, 0.29) is 23.1 Å². The fourth-order valence-corrected chi connectivity index (χ4v) is 6.98. The van der Waals surface area contributed by atoms with Crippen molar-refractivity contribution in [1.82, 2.24) is 35.4 Å². The van der Waals surface area contributed by atoms with E-state index in [0.29, 0.717) is 35.0 Å². The number of carbonyl (C=O) groups is 1. The number of aromatic nitrogens is 5. The Hall–Kier alpha value is -3.41. The van der Waals surface area contributed by atoms with Gasteiger partial charge in [-0.05, 0) is 79.2 Å². The van der Waals surface area contributed by atoms with E-state index in [9.17, 15) is 9.90 Å². The largest absolute Gasteiger partial charge is 0.393 e. The molecule has 0 bridgehead atoms. The average molecular weight is 604 g/mol. The summed E-state index contributed by atoms with van der Waals surface area (Å²) in [4.78, 5) is 30.6. The molecule has 4 aromatic heterocycles. The summed E-state index contributed by atoms with van der Waals surface area (Å²) in [6.07, 6.45) is 9.34. The van der Waals surface area contributed by atoms with Crippen LogP contribution in [0.1, 0.15) is 79.1 Å². The van der Waals surface area contributed by atoms with Crippen LogP contribution in [0.5, 0.6) is 0 Å². The SMILES string of the molecule is CC(C)(C)[C@H]1CCc2nc3sc(C(=O)NC(CCN4CCC(O)CC4)c4cnc(-c5ccnnc5)c(F)c4)nc3cc2C1. The first-order chi connectivity index (χ1) is 20.6. The van der Waals surface area contributed by atoms with Crippen LogP contribution in [0.4, 0.5) is 4.39 Å². The van der Waals surface area contributed by atoms with E-state index in [4.69, 9.17) is 4.98 Å². The smallest absolute Gasteiger partial charge is 0.280 e. The van der Waals surface area contributed by atoms with Crippen LogP contribution in [0, 0.1) is 17.2 Å². The van der Waals surface area contributed by atoms with Crippen molar-refractivity contribution in [3.63, 3.8) is 0 Å². The fourth-order valence-electron chi connectivity index (χ4n) is 6.13. The molecule has 226 valence electrons. The molecule has 1 fully saturated rings. The van der Waals surface area contributed by atoms with Crippen molar-refractivity contribution in [2.45, 2.75) is 71.4 Å². The fraction of sp³-hybridized carbons (Fsp3) is 0.500. The Morgan fingerprint density at radius 3 is 2.70 bits per heavy atom. The van der Waals surface area contributed by atoms with Crippen LogP contribution >= 0.6 is 11.3 Å². The number of carbonyl (C=O) groups excluding carboxylic acids is 1. The second-order valence-corrected chi connectivity index (χ2v) is 13.8. The lowest BCUT2D eigenvalue weighted by molar-refractivity contribution is 0.0795. The maximum absolute atomic E-state index is 15.3. The number of hydrogen-bond acceptors (Lipinski definition) is 9. The van der Waals surface area contributed by atoms with Gasteiger partial charge in [0.25, 0.3) is 5.91 Å². The summed E-state index contributed by atoms with van der Waals surface area (Å²) in [5.74, 6) is -0.218. The van der Waals surface area contributed by atoms with Crippen molar-refractivity contribution >= 4 is 27.6 Å². The van der Waals surface area contributed by atoms with Gasteiger partial charge in [0.2, 0.25) is 0 Å². The number of aliphatic hydroxyl groups is 1. The third-order valence-corrected chi connectivity index (χ3v) is 9.85. The Bertz CT molecular complexity index is 1600. The average Bonchev–Trinajstić information content (AvgIpc) is 3.41. The number of aryl methyl sites for hydroxylation is 1. The molecule has 6 rings (SSSR count). The lowest BCUT2D eigenvalue weighted by Crippen LogP contribution is -2.38. The normalized spacial score (nSPS) is 18.9. The molecule has 11 heteroatoms. The lowest BCUT2D eigenvalue weighted by atomic mass is 9.71. The molecule has 0 radical (unpaired) electrons. The molecule has 4 aromatic rings. The molecule has 9 nitrogen and oxygen atoms in total. The van der Waals surface area contributed by atoms with Crippen molar-refractivity contribution < 1.29 is 14.3 Å². The summed E-state index contributed by atoms with van der Waals surface area (Å²) in [6, 6.07) is 4.72. The van der Waals surface area contributed by atoms with Gasteiger partial charge < -0.3 is 15.3 Å². The Kier molecular flexibility index (Phi) is 8.48. The number of likely N-dealkylation sites (tertiary alicyclic amines) is 1. The van der Waals surface area contributed by atoms with Gasteiger partial charge in [0.1, 0.15) is 21.9 Å². The number of nitrogens with zero attached hydrogens (tertiary/aromatic N) is 6. The number of nitrogens with one attached hydrogen (secondary N) is 1. The van der Waals surface area contributed by atoms with Gasteiger partial charge in [0, 0.05) is 37.1 Å². The van der Waals surface area contributed by atoms with E-state index < -0.39 is 11.9 Å². The Balaban J connectivity index is 1.23. The molecule has 2 N–H and O–H groups in total. The molecule has 0 spiro atoms. The molecule has 2 aliphatic rings. The van der Waals surface area contributed by atoms with Gasteiger partial charge in [-0.15, -0.1) is 0 Å². The monoisotopic (exact) mass is 603 g/mol. The third-order valence-electron chi connectivity index (χ3n) is 8.89. The van der Waals surface area contributed by atoms with Crippen LogP contribution in [0.25, 0.3) is 21.6 Å². The minimum absolute atomic E-state index is 0.184. The van der Waals surface area contributed by atoms with Gasteiger partial charge >= 0.3 is 0 Å². The Morgan fingerprint density at radius 1 is 1.16 bits per heavy atom. The molecule has 1 aliphatic heterocycles. The second kappa shape index (κ2) is 12.3. The number of piperidine rings is 1. The first-order valence-electron chi connectivity index (χ1n) is 15.1. The summed E-state index contributed by atoms with van der Waals surface area (Å²) >= 11 is 1.30. The molecule has 43 heavy (non-hydrogen) atoms. The van der Waals surface area contributed by atoms with Crippen LogP contribution in [0.15, 0.2) is 36.8 Å². The number of aliphatic hydroxyl groups excluding tert-OH is 1. The zero-order chi connectivity index (χ0) is 30.1. The van der Waals surface area contributed by atoms with E-state index in [1.807, 2.05) is 0 Å². The Labute approximate surface area is 255 Å². The molecular formula is C32H38FN7O2S. The first kappa shape index (κ1) is 29.7. The minimum Gasteiger partial charge on any atom is -0.393 e. The van der Waals surface area contributed by atoms with Crippen LogP contribution in [-0.2, 0) is 12.8 Å². The predicted molar refractivity (Wildman–Crippen MR) is 164 cm³/mol. The molecule has 1 saturated heterocycles. The molecule has 0 aromatic carbocycles. The molecule has 0 saturated carbocycles. The van der Waals surface area contributed by atoms with Crippen molar-refractivity contribution in [3.8, 4) is 11.3 Å². The van der Waals surface area contributed by atoms with Gasteiger partial charge in [0.15, 0.2) is 5.01 Å². The summed E-state index contributed by atoms with van der Waals surface area (Å²) in [5, 5.41) is 20.9. The molecular weight excluding hydrogens is 565 g/mol. The maximum Gasteiger partial charge on any atom is 0.280 e. The number of hydrogen-bond donors (Lipinski definition) is 2. The summed E-state index contributed by atoms with van der Waals surface area (Å²) in [5.41, 5.74) is 4.61. The summed E-state index contributed by atoms with van der Waals surface area (Å²) in [7, 11) is 0. The van der Waals surface area contributed by atoms with Gasteiger partial charge in [-0.2, -0.15) is 10.2 Å². The highest BCUT2D eigenvalue weighted by molar-refractivity contribution is 7.19. The molecule has 1 amide bonds. The number of amides is 1. The van der Waals surface area contributed by atoms with Crippen LogP contribution in [0.3, 0.4) is 0 Å². The van der Waals surface area contributed by atoms with E-state index in [2.05, 4.69) is 57.2 Å². The van der Waals surface area contributed by atoms with Crippen molar-refractivity contribution in [1.29, 1.82) is 0 Å². The zero-order valence-corrected chi connectivity index (χ0v) is 25.7. The highest BCUT2D eigenvalue weighted by atomic mass is 32.1. The van der Waals surface area contributed by atoms with Crippen molar-refractivity contribution in [2.24, 2.45) is 11.3 Å². The molecule has 2 atom stereocenters. The summed E-state index contributed by atoms with van der Waals surface area (Å²) in [6.45, 7) is 9.13. The quantitative estimate of drug-likeness (QED) is 0.298. The van der Waals surface area contributed by atoms with Gasteiger partial charge in [-0.25, -0.2) is 14.4 Å². The highest BCUT2D eigenvalue weighted by Crippen LogP contribution is 2.38.